The van der Waals surface area contributed by atoms with Crippen molar-refractivity contribution in [1.82, 2.24) is 4.98 Å². The molecule has 0 saturated heterocycles. The highest BCUT2D eigenvalue weighted by atomic mass is 16.5. The third-order valence-electron chi connectivity index (χ3n) is 3.50. The van der Waals surface area contributed by atoms with Gasteiger partial charge in [0.2, 0.25) is 0 Å². The molecule has 0 aliphatic heterocycles. The summed E-state index contributed by atoms with van der Waals surface area (Å²) in [5, 5.41) is 1.21. The molecule has 1 N–H and O–H groups in total. The average molecular weight is 295 g/mol. The number of aromatic amines is 1. The second kappa shape index (κ2) is 6.35. The van der Waals surface area contributed by atoms with Crippen molar-refractivity contribution in [2.45, 2.75) is 6.42 Å². The molecule has 0 aliphatic carbocycles. The molecule has 0 radical (unpaired) electrons. The highest BCUT2D eigenvalue weighted by Gasteiger charge is 2.05. The largest absolute Gasteiger partial charge is 0.493 e. The summed E-state index contributed by atoms with van der Waals surface area (Å²) in [6.45, 7) is 0.574. The minimum absolute atomic E-state index is 0.343. The first-order valence-corrected chi connectivity index (χ1v) is 7.14. The predicted molar refractivity (Wildman–Crippen MR) is 85.3 cm³/mol. The molecule has 0 saturated carbocycles. The number of nitrogens with one attached hydrogen (secondary N) is 1. The van der Waals surface area contributed by atoms with Crippen LogP contribution in [0.25, 0.3) is 10.9 Å². The Morgan fingerprint density at radius 1 is 1.09 bits per heavy atom. The fourth-order valence-corrected chi connectivity index (χ4v) is 2.35. The van der Waals surface area contributed by atoms with Gasteiger partial charge in [0.25, 0.3) is 0 Å². The Bertz CT molecular complexity index is 741. The van der Waals surface area contributed by atoms with Crippen LogP contribution in [-0.4, -0.2) is 24.7 Å². The Kier molecular flexibility index (Phi) is 4.10. The van der Waals surface area contributed by atoms with Gasteiger partial charge >= 0.3 is 5.97 Å². The van der Waals surface area contributed by atoms with Crippen LogP contribution < -0.4 is 4.74 Å². The molecule has 0 spiro atoms. The van der Waals surface area contributed by atoms with Gasteiger partial charge in [-0.2, -0.15) is 0 Å². The number of benzene rings is 2. The van der Waals surface area contributed by atoms with Crippen molar-refractivity contribution < 1.29 is 14.3 Å². The van der Waals surface area contributed by atoms with E-state index >= 15 is 0 Å². The van der Waals surface area contributed by atoms with E-state index in [4.69, 9.17) is 4.74 Å². The molecule has 0 amide bonds. The van der Waals surface area contributed by atoms with E-state index in [0.29, 0.717) is 12.2 Å². The molecule has 3 aromatic rings. The number of carbonyl (C=O) groups excluding carboxylic acids is 1. The summed E-state index contributed by atoms with van der Waals surface area (Å²) in [4.78, 5) is 14.7. The predicted octanol–water partition coefficient (Wildman–Crippen LogP) is 3.58. The Hall–Kier alpha value is -2.75. The first kappa shape index (κ1) is 14.2. The molecule has 3 rings (SSSR count). The molecule has 2 aromatic carbocycles. The van der Waals surface area contributed by atoms with Crippen molar-refractivity contribution in [3.05, 3.63) is 65.9 Å². The Labute approximate surface area is 128 Å². The smallest absolute Gasteiger partial charge is 0.337 e. The van der Waals surface area contributed by atoms with Gasteiger partial charge in [-0.05, 0) is 41.8 Å². The normalized spacial score (nSPS) is 10.6. The van der Waals surface area contributed by atoms with E-state index < -0.39 is 0 Å². The van der Waals surface area contributed by atoms with E-state index in [1.54, 1.807) is 24.3 Å². The van der Waals surface area contributed by atoms with Gasteiger partial charge in [-0.3, -0.25) is 0 Å². The van der Waals surface area contributed by atoms with Crippen LogP contribution in [0.5, 0.6) is 5.75 Å². The second-order valence-corrected chi connectivity index (χ2v) is 5.00. The number of H-pyrrole nitrogens is 1. The van der Waals surface area contributed by atoms with Crippen LogP contribution in [0.4, 0.5) is 0 Å². The van der Waals surface area contributed by atoms with Crippen LogP contribution in [0, 0.1) is 0 Å². The lowest BCUT2D eigenvalue weighted by Crippen LogP contribution is -2.03. The first-order chi connectivity index (χ1) is 10.8. The molecule has 0 unspecified atom stereocenters. The minimum atomic E-state index is -0.343. The van der Waals surface area contributed by atoms with Gasteiger partial charge in [0.15, 0.2) is 0 Å². The van der Waals surface area contributed by atoms with Crippen LogP contribution in [-0.2, 0) is 11.2 Å². The monoisotopic (exact) mass is 295 g/mol. The van der Waals surface area contributed by atoms with Crippen molar-refractivity contribution in [3.63, 3.8) is 0 Å². The van der Waals surface area contributed by atoms with Crippen molar-refractivity contribution in [3.8, 4) is 5.75 Å². The van der Waals surface area contributed by atoms with Crippen LogP contribution in [0.2, 0.25) is 0 Å². The minimum Gasteiger partial charge on any atom is -0.493 e. The van der Waals surface area contributed by atoms with Gasteiger partial charge < -0.3 is 14.5 Å². The molecule has 0 bridgehead atoms. The van der Waals surface area contributed by atoms with Gasteiger partial charge in [-0.15, -0.1) is 0 Å². The summed E-state index contributed by atoms with van der Waals surface area (Å²) in [5.74, 6) is 0.397. The first-order valence-electron chi connectivity index (χ1n) is 7.14. The van der Waals surface area contributed by atoms with Crippen molar-refractivity contribution in [1.29, 1.82) is 0 Å². The third kappa shape index (κ3) is 3.11. The standard InChI is InChI=1S/C18H17NO3/c1-21-18(20)13-6-8-16(9-7-13)22-11-10-15-12-14-4-2-3-5-17(14)19-15/h2-9,12,19H,10-11H2,1H3. The lowest BCUT2D eigenvalue weighted by atomic mass is 10.2. The molecule has 0 atom stereocenters. The van der Waals surface area contributed by atoms with Crippen molar-refractivity contribution in [2.24, 2.45) is 0 Å². The lowest BCUT2D eigenvalue weighted by Gasteiger charge is -2.06. The number of hydrogen-bond donors (Lipinski definition) is 1. The number of para-hydroxylation sites is 1. The van der Waals surface area contributed by atoms with E-state index in [2.05, 4.69) is 27.9 Å². The molecular formula is C18H17NO3. The van der Waals surface area contributed by atoms with Gasteiger partial charge in [0.1, 0.15) is 5.75 Å². The molecule has 4 heteroatoms. The molecule has 22 heavy (non-hydrogen) atoms. The maximum absolute atomic E-state index is 11.3. The zero-order valence-electron chi connectivity index (χ0n) is 12.3. The summed E-state index contributed by atoms with van der Waals surface area (Å²) >= 11 is 0. The molecule has 112 valence electrons. The highest BCUT2D eigenvalue weighted by Crippen LogP contribution is 2.16. The number of rotatable bonds is 5. The fourth-order valence-electron chi connectivity index (χ4n) is 2.35. The summed E-state index contributed by atoms with van der Waals surface area (Å²) in [6.07, 6.45) is 0.799. The van der Waals surface area contributed by atoms with Gasteiger partial charge in [0, 0.05) is 17.6 Å². The number of methoxy groups -OCH3 is 1. The quantitative estimate of drug-likeness (QED) is 0.732. The number of hydrogen-bond acceptors (Lipinski definition) is 3. The molecular weight excluding hydrogens is 278 g/mol. The molecule has 1 aromatic heterocycles. The van der Waals surface area contributed by atoms with Gasteiger partial charge in [0.05, 0.1) is 19.3 Å². The molecule has 4 nitrogen and oxygen atoms in total. The van der Waals surface area contributed by atoms with Gasteiger partial charge in [-0.1, -0.05) is 18.2 Å². The summed E-state index contributed by atoms with van der Waals surface area (Å²) in [6, 6.07) is 17.3. The van der Waals surface area contributed by atoms with Crippen LogP contribution in [0.3, 0.4) is 0 Å². The average Bonchev–Trinajstić information content (AvgIpc) is 2.97. The topological polar surface area (TPSA) is 51.3 Å². The van der Waals surface area contributed by atoms with E-state index in [1.165, 1.54) is 12.5 Å². The van der Waals surface area contributed by atoms with E-state index in [1.807, 2.05) is 12.1 Å². The molecule has 1 heterocycles. The summed E-state index contributed by atoms with van der Waals surface area (Å²) < 4.78 is 10.4. The Morgan fingerprint density at radius 3 is 2.59 bits per heavy atom. The maximum atomic E-state index is 11.3. The zero-order chi connectivity index (χ0) is 15.4. The van der Waals surface area contributed by atoms with Crippen molar-refractivity contribution in [2.75, 3.05) is 13.7 Å². The van der Waals surface area contributed by atoms with Crippen molar-refractivity contribution >= 4 is 16.9 Å². The maximum Gasteiger partial charge on any atom is 0.337 e. The summed E-state index contributed by atoms with van der Waals surface area (Å²) in [5.41, 5.74) is 2.80. The van der Waals surface area contributed by atoms with Crippen LogP contribution in [0.1, 0.15) is 16.1 Å². The fraction of sp³-hybridized carbons (Fsp3) is 0.167. The molecule has 0 fully saturated rings. The van der Waals surface area contributed by atoms with Gasteiger partial charge in [-0.25, -0.2) is 4.79 Å². The lowest BCUT2D eigenvalue weighted by molar-refractivity contribution is 0.0600. The third-order valence-corrected chi connectivity index (χ3v) is 3.50. The highest BCUT2D eigenvalue weighted by molar-refractivity contribution is 5.89. The Balaban J connectivity index is 1.57. The number of aromatic nitrogens is 1. The number of fused-ring (bicyclic) bond motifs is 1. The number of carbonyl (C=O) groups is 1. The molecule has 0 aliphatic rings. The number of esters is 1. The van der Waals surface area contributed by atoms with Crippen LogP contribution in [0.15, 0.2) is 54.6 Å². The van der Waals surface area contributed by atoms with E-state index in [0.717, 1.165) is 23.4 Å². The van der Waals surface area contributed by atoms with E-state index in [9.17, 15) is 4.79 Å². The SMILES string of the molecule is COC(=O)c1ccc(OCCc2cc3ccccc3[nH]2)cc1. The zero-order valence-corrected chi connectivity index (χ0v) is 12.3. The second-order valence-electron chi connectivity index (χ2n) is 5.00. The van der Waals surface area contributed by atoms with Crippen LogP contribution >= 0.6 is 0 Å². The summed E-state index contributed by atoms with van der Waals surface area (Å²) in [7, 11) is 1.37. The number of ether oxygens (including phenoxy) is 2. The Morgan fingerprint density at radius 2 is 1.86 bits per heavy atom. The van der Waals surface area contributed by atoms with E-state index in [-0.39, 0.29) is 5.97 Å².